The number of amides is 1. The van der Waals surface area contributed by atoms with E-state index in [4.69, 9.17) is 0 Å². The number of nitrogens with one attached hydrogen (secondary N) is 1. The Morgan fingerprint density at radius 3 is 2.33 bits per heavy atom. The van der Waals surface area contributed by atoms with Crippen LogP contribution in [-0.2, 0) is 14.8 Å². The van der Waals surface area contributed by atoms with Crippen molar-refractivity contribution in [2.45, 2.75) is 6.92 Å². The minimum absolute atomic E-state index is 0.255. The van der Waals surface area contributed by atoms with Crippen LogP contribution in [0.2, 0.25) is 0 Å². The molecular formula is C11H15FN2O3S. The van der Waals surface area contributed by atoms with Crippen molar-refractivity contribution in [2.75, 3.05) is 23.7 Å². The Balaban J connectivity index is 3.00. The predicted octanol–water partition coefficient (Wildman–Crippen LogP) is 0.728. The predicted molar refractivity (Wildman–Crippen MR) is 67.3 cm³/mol. The Bertz CT molecular complexity index is 514. The van der Waals surface area contributed by atoms with Crippen LogP contribution in [0.5, 0.6) is 0 Å². The molecule has 1 aromatic carbocycles. The monoisotopic (exact) mass is 274 g/mol. The SMILES string of the molecule is CCNC(=O)CN(c1ccc(F)cc1)S(C)(=O)=O. The van der Waals surface area contributed by atoms with Crippen molar-refractivity contribution in [1.82, 2.24) is 5.32 Å². The average molecular weight is 274 g/mol. The van der Waals surface area contributed by atoms with E-state index in [-0.39, 0.29) is 12.2 Å². The Labute approximate surface area is 106 Å². The van der Waals surface area contributed by atoms with Gasteiger partial charge in [0.2, 0.25) is 15.9 Å². The van der Waals surface area contributed by atoms with Gasteiger partial charge in [0, 0.05) is 6.54 Å². The zero-order valence-electron chi connectivity index (χ0n) is 10.2. The molecule has 0 bridgehead atoms. The molecule has 100 valence electrons. The first-order valence-corrected chi connectivity index (χ1v) is 7.19. The Morgan fingerprint density at radius 2 is 1.89 bits per heavy atom. The molecule has 7 heteroatoms. The zero-order valence-corrected chi connectivity index (χ0v) is 11.0. The first-order valence-electron chi connectivity index (χ1n) is 5.34. The lowest BCUT2D eigenvalue weighted by atomic mass is 10.3. The molecule has 0 heterocycles. The molecule has 0 spiro atoms. The van der Waals surface area contributed by atoms with Crippen LogP contribution in [0.25, 0.3) is 0 Å². The van der Waals surface area contributed by atoms with Crippen molar-refractivity contribution in [3.63, 3.8) is 0 Å². The zero-order chi connectivity index (χ0) is 13.8. The summed E-state index contributed by atoms with van der Waals surface area (Å²) in [5, 5.41) is 2.51. The van der Waals surface area contributed by atoms with Crippen LogP contribution in [0.1, 0.15) is 6.92 Å². The molecule has 0 unspecified atom stereocenters. The van der Waals surface area contributed by atoms with Gasteiger partial charge in [0.15, 0.2) is 0 Å². The quantitative estimate of drug-likeness (QED) is 0.860. The van der Waals surface area contributed by atoms with Crippen molar-refractivity contribution < 1.29 is 17.6 Å². The molecule has 0 aliphatic carbocycles. The first-order chi connectivity index (χ1) is 8.34. The van der Waals surface area contributed by atoms with E-state index in [1.54, 1.807) is 6.92 Å². The number of halogens is 1. The number of likely N-dealkylation sites (N-methyl/N-ethyl adjacent to an activating group) is 1. The van der Waals surface area contributed by atoms with E-state index in [0.717, 1.165) is 22.7 Å². The second-order valence-electron chi connectivity index (χ2n) is 3.70. The van der Waals surface area contributed by atoms with Gasteiger partial charge in [0.25, 0.3) is 0 Å². The van der Waals surface area contributed by atoms with E-state index in [1.807, 2.05) is 0 Å². The maximum atomic E-state index is 12.8. The molecule has 0 aliphatic heterocycles. The largest absolute Gasteiger partial charge is 0.355 e. The summed E-state index contributed by atoms with van der Waals surface area (Å²) in [7, 11) is -3.59. The third kappa shape index (κ3) is 3.99. The van der Waals surface area contributed by atoms with E-state index >= 15 is 0 Å². The lowest BCUT2D eigenvalue weighted by Crippen LogP contribution is -2.40. The topological polar surface area (TPSA) is 66.5 Å². The molecule has 5 nitrogen and oxygen atoms in total. The van der Waals surface area contributed by atoms with Gasteiger partial charge in [0.05, 0.1) is 11.9 Å². The second kappa shape index (κ2) is 5.81. The Morgan fingerprint density at radius 1 is 1.33 bits per heavy atom. The number of anilines is 1. The van der Waals surface area contributed by atoms with Crippen LogP contribution >= 0.6 is 0 Å². The normalized spacial score (nSPS) is 11.1. The summed E-state index contributed by atoms with van der Waals surface area (Å²) in [6.07, 6.45) is 0.996. The van der Waals surface area contributed by atoms with E-state index in [1.165, 1.54) is 12.1 Å². The number of carbonyl (C=O) groups is 1. The summed E-state index contributed by atoms with van der Waals surface area (Å²) in [5.41, 5.74) is 0.255. The number of hydrogen-bond donors (Lipinski definition) is 1. The molecule has 0 radical (unpaired) electrons. The van der Waals surface area contributed by atoms with Gasteiger partial charge in [-0.2, -0.15) is 0 Å². The fraction of sp³-hybridized carbons (Fsp3) is 0.364. The summed E-state index contributed by atoms with van der Waals surface area (Å²) in [4.78, 5) is 11.4. The number of sulfonamides is 1. The molecule has 0 aromatic heterocycles. The van der Waals surface area contributed by atoms with Crippen molar-refractivity contribution >= 4 is 21.6 Å². The summed E-state index contributed by atoms with van der Waals surface area (Å²) >= 11 is 0. The third-order valence-corrected chi connectivity index (χ3v) is 3.32. The summed E-state index contributed by atoms with van der Waals surface area (Å²) < 4.78 is 36.9. The van der Waals surface area contributed by atoms with Crippen LogP contribution in [-0.4, -0.2) is 33.7 Å². The Kier molecular flexibility index (Phi) is 4.66. The highest BCUT2D eigenvalue weighted by molar-refractivity contribution is 7.92. The summed E-state index contributed by atoms with van der Waals surface area (Å²) in [6, 6.07) is 4.92. The highest BCUT2D eigenvalue weighted by Crippen LogP contribution is 2.17. The van der Waals surface area contributed by atoms with E-state index in [0.29, 0.717) is 6.54 Å². The van der Waals surface area contributed by atoms with Crippen molar-refractivity contribution in [3.8, 4) is 0 Å². The molecule has 1 aromatic rings. The summed E-state index contributed by atoms with van der Waals surface area (Å²) in [6.45, 7) is 1.83. The fourth-order valence-corrected chi connectivity index (χ4v) is 2.25. The van der Waals surface area contributed by atoms with Crippen LogP contribution in [0, 0.1) is 5.82 Å². The van der Waals surface area contributed by atoms with Crippen molar-refractivity contribution in [3.05, 3.63) is 30.1 Å². The van der Waals surface area contributed by atoms with E-state index in [2.05, 4.69) is 5.32 Å². The number of hydrogen-bond acceptors (Lipinski definition) is 3. The lowest BCUT2D eigenvalue weighted by Gasteiger charge is -2.21. The molecule has 1 amide bonds. The lowest BCUT2D eigenvalue weighted by molar-refractivity contribution is -0.119. The van der Waals surface area contributed by atoms with E-state index in [9.17, 15) is 17.6 Å². The van der Waals surface area contributed by atoms with Crippen LogP contribution < -0.4 is 9.62 Å². The standard InChI is InChI=1S/C11H15FN2O3S/c1-3-13-11(15)8-14(18(2,16)17)10-6-4-9(12)5-7-10/h4-7H,3,8H2,1-2H3,(H,13,15). The minimum atomic E-state index is -3.59. The first kappa shape index (κ1) is 14.4. The van der Waals surface area contributed by atoms with Gasteiger partial charge < -0.3 is 5.32 Å². The van der Waals surface area contributed by atoms with Gasteiger partial charge in [0.1, 0.15) is 12.4 Å². The van der Waals surface area contributed by atoms with Crippen LogP contribution in [0.15, 0.2) is 24.3 Å². The van der Waals surface area contributed by atoms with Crippen LogP contribution in [0.3, 0.4) is 0 Å². The van der Waals surface area contributed by atoms with Gasteiger partial charge in [-0.25, -0.2) is 12.8 Å². The van der Waals surface area contributed by atoms with Crippen molar-refractivity contribution in [1.29, 1.82) is 0 Å². The summed E-state index contributed by atoms with van der Waals surface area (Å²) in [5.74, 6) is -0.877. The fourth-order valence-electron chi connectivity index (χ4n) is 1.39. The molecule has 0 fully saturated rings. The second-order valence-corrected chi connectivity index (χ2v) is 5.61. The molecule has 0 aliphatic rings. The van der Waals surface area contributed by atoms with Gasteiger partial charge >= 0.3 is 0 Å². The molecule has 0 saturated heterocycles. The molecule has 0 atom stereocenters. The van der Waals surface area contributed by atoms with Gasteiger partial charge in [-0.1, -0.05) is 0 Å². The van der Waals surface area contributed by atoms with Gasteiger partial charge in [-0.05, 0) is 31.2 Å². The van der Waals surface area contributed by atoms with Crippen molar-refractivity contribution in [2.24, 2.45) is 0 Å². The van der Waals surface area contributed by atoms with Crippen LogP contribution in [0.4, 0.5) is 10.1 Å². The highest BCUT2D eigenvalue weighted by Gasteiger charge is 2.20. The minimum Gasteiger partial charge on any atom is -0.355 e. The number of nitrogens with zero attached hydrogens (tertiary/aromatic N) is 1. The smallest absolute Gasteiger partial charge is 0.240 e. The highest BCUT2D eigenvalue weighted by atomic mass is 32.2. The molecule has 18 heavy (non-hydrogen) atoms. The number of rotatable bonds is 5. The molecule has 0 saturated carbocycles. The van der Waals surface area contributed by atoms with Gasteiger partial charge in [-0.15, -0.1) is 0 Å². The number of carbonyl (C=O) groups excluding carboxylic acids is 1. The maximum absolute atomic E-state index is 12.8. The van der Waals surface area contributed by atoms with Gasteiger partial charge in [-0.3, -0.25) is 9.10 Å². The average Bonchev–Trinajstić information content (AvgIpc) is 2.26. The molecule has 1 N–H and O–H groups in total. The maximum Gasteiger partial charge on any atom is 0.240 e. The third-order valence-electron chi connectivity index (χ3n) is 2.18. The molecule has 1 rings (SSSR count). The molecular weight excluding hydrogens is 259 g/mol. The number of benzene rings is 1. The Hall–Kier alpha value is -1.63. The van der Waals surface area contributed by atoms with E-state index < -0.39 is 21.7 Å².